The Balaban J connectivity index is 4.40. The number of rotatable bonds is 9. The van der Waals surface area contributed by atoms with Gasteiger partial charge in [0.25, 0.3) is 0 Å². The summed E-state index contributed by atoms with van der Waals surface area (Å²) in [6.07, 6.45) is 3.91. The Kier molecular flexibility index (Phi) is 8.13. The summed E-state index contributed by atoms with van der Waals surface area (Å²) < 4.78 is 17.0. The lowest BCUT2D eigenvalue weighted by molar-refractivity contribution is -0.0807. The highest BCUT2D eigenvalue weighted by Gasteiger charge is 2.38. The largest absolute Gasteiger partial charge is 0.414 e. The van der Waals surface area contributed by atoms with Gasteiger partial charge in [0.15, 0.2) is 8.32 Å². The fourth-order valence-corrected chi connectivity index (χ4v) is 3.14. The molecule has 0 unspecified atom stereocenters. The van der Waals surface area contributed by atoms with Gasteiger partial charge in [0, 0.05) is 13.2 Å². The van der Waals surface area contributed by atoms with Gasteiger partial charge in [0.2, 0.25) is 0 Å². The first-order chi connectivity index (χ1) is 8.64. The summed E-state index contributed by atoms with van der Waals surface area (Å²) in [6.45, 7) is 17.6. The minimum Gasteiger partial charge on any atom is -0.414 e. The molecule has 0 aromatic rings. The topological polar surface area (TPSA) is 27.7 Å². The average Bonchev–Trinajstić information content (AvgIpc) is 2.23. The molecule has 0 aliphatic rings. The van der Waals surface area contributed by atoms with Crippen molar-refractivity contribution < 1.29 is 13.9 Å². The van der Waals surface area contributed by atoms with Crippen LogP contribution in [0.2, 0.25) is 18.1 Å². The molecule has 2 atom stereocenters. The lowest BCUT2D eigenvalue weighted by Gasteiger charge is -2.39. The van der Waals surface area contributed by atoms with Crippen LogP contribution in [0.1, 0.15) is 40.5 Å². The number of ether oxygens (including phenoxy) is 2. The summed E-state index contributed by atoms with van der Waals surface area (Å²) in [6, 6.07) is 0. The third kappa shape index (κ3) is 7.25. The zero-order chi connectivity index (χ0) is 15.1. The van der Waals surface area contributed by atoms with E-state index in [-0.39, 0.29) is 17.2 Å². The molecule has 0 aromatic carbocycles. The highest BCUT2D eigenvalue weighted by atomic mass is 28.4. The smallest absolute Gasteiger partial charge is 0.192 e. The molecule has 0 radical (unpaired) electrons. The highest BCUT2D eigenvalue weighted by molar-refractivity contribution is 6.74. The van der Waals surface area contributed by atoms with Gasteiger partial charge in [-0.2, -0.15) is 0 Å². The van der Waals surface area contributed by atoms with Crippen LogP contribution < -0.4 is 0 Å². The van der Waals surface area contributed by atoms with Crippen LogP contribution in [0, 0.1) is 0 Å². The van der Waals surface area contributed by atoms with E-state index in [0.717, 1.165) is 12.8 Å². The normalized spacial score (nSPS) is 16.2. The zero-order valence-corrected chi connectivity index (χ0v) is 14.8. The van der Waals surface area contributed by atoms with E-state index in [9.17, 15) is 0 Å². The molecule has 0 amide bonds. The molecular weight excluding hydrogens is 256 g/mol. The van der Waals surface area contributed by atoms with E-state index in [2.05, 4.69) is 47.4 Å². The predicted octanol–water partition coefficient (Wildman–Crippen LogP) is 4.35. The first-order valence-electron chi connectivity index (χ1n) is 7.03. The second-order valence-electron chi connectivity index (χ2n) is 6.64. The molecule has 0 heterocycles. The van der Waals surface area contributed by atoms with E-state index in [1.807, 2.05) is 6.08 Å². The van der Waals surface area contributed by atoms with Crippen LogP contribution in [0.3, 0.4) is 0 Å². The zero-order valence-electron chi connectivity index (χ0n) is 13.8. The molecule has 0 saturated carbocycles. The van der Waals surface area contributed by atoms with Crippen molar-refractivity contribution in [1.29, 1.82) is 0 Å². The highest BCUT2D eigenvalue weighted by Crippen LogP contribution is 2.37. The summed E-state index contributed by atoms with van der Waals surface area (Å²) in [5, 5.41) is 0.239. The van der Waals surface area contributed by atoms with Crippen molar-refractivity contribution in [3.8, 4) is 0 Å². The molecule has 0 spiro atoms. The quantitative estimate of drug-likeness (QED) is 0.358. The lowest BCUT2D eigenvalue weighted by Crippen LogP contribution is -2.44. The van der Waals surface area contributed by atoms with E-state index >= 15 is 0 Å². The van der Waals surface area contributed by atoms with Gasteiger partial charge in [-0.15, -0.1) is 6.58 Å². The fraction of sp³-hybridized carbons (Fsp3) is 0.867. The van der Waals surface area contributed by atoms with Crippen molar-refractivity contribution in [2.24, 2.45) is 0 Å². The Labute approximate surface area is 120 Å². The van der Waals surface area contributed by atoms with Crippen LogP contribution in [0.15, 0.2) is 12.7 Å². The monoisotopic (exact) mass is 288 g/mol. The molecule has 0 rings (SSSR count). The van der Waals surface area contributed by atoms with Gasteiger partial charge >= 0.3 is 0 Å². The van der Waals surface area contributed by atoms with Crippen LogP contribution in [-0.2, 0) is 13.9 Å². The first kappa shape index (κ1) is 18.8. The SMILES string of the molecule is C=CC[C@@H](C[C@H](C)O[Si](C)(C)C(C)(C)C)OCOC. The van der Waals surface area contributed by atoms with E-state index in [0.29, 0.717) is 6.79 Å². The van der Waals surface area contributed by atoms with Crippen molar-refractivity contribution in [1.82, 2.24) is 0 Å². The third-order valence-electron chi connectivity index (χ3n) is 3.75. The van der Waals surface area contributed by atoms with Gasteiger partial charge in [-0.25, -0.2) is 0 Å². The summed E-state index contributed by atoms with van der Waals surface area (Å²) in [4.78, 5) is 0. The van der Waals surface area contributed by atoms with E-state index in [4.69, 9.17) is 13.9 Å². The van der Waals surface area contributed by atoms with Crippen LogP contribution in [0.25, 0.3) is 0 Å². The number of methoxy groups -OCH3 is 1. The molecular formula is C15H32O3Si. The Morgan fingerprint density at radius 2 is 1.84 bits per heavy atom. The Hall–Kier alpha value is -0.163. The van der Waals surface area contributed by atoms with E-state index in [1.54, 1.807) is 7.11 Å². The van der Waals surface area contributed by atoms with Gasteiger partial charge < -0.3 is 13.9 Å². The molecule has 0 saturated heterocycles. The van der Waals surface area contributed by atoms with Crippen LogP contribution in [0.4, 0.5) is 0 Å². The predicted molar refractivity (Wildman–Crippen MR) is 83.9 cm³/mol. The fourth-order valence-electron chi connectivity index (χ4n) is 1.68. The summed E-state index contributed by atoms with van der Waals surface area (Å²) >= 11 is 0. The van der Waals surface area contributed by atoms with Crippen molar-refractivity contribution >= 4 is 8.32 Å². The molecule has 3 nitrogen and oxygen atoms in total. The van der Waals surface area contributed by atoms with Crippen LogP contribution >= 0.6 is 0 Å². The van der Waals surface area contributed by atoms with Gasteiger partial charge in [-0.1, -0.05) is 26.8 Å². The Bertz CT molecular complexity index is 259. The Morgan fingerprint density at radius 1 is 1.26 bits per heavy atom. The molecule has 0 N–H and O–H groups in total. The number of hydrogen-bond donors (Lipinski definition) is 0. The van der Waals surface area contributed by atoms with Crippen LogP contribution in [-0.4, -0.2) is 34.4 Å². The van der Waals surface area contributed by atoms with E-state index < -0.39 is 8.32 Å². The average molecular weight is 289 g/mol. The molecule has 114 valence electrons. The molecule has 0 bridgehead atoms. The summed E-state index contributed by atoms with van der Waals surface area (Å²) in [5.41, 5.74) is 0. The summed E-state index contributed by atoms with van der Waals surface area (Å²) in [7, 11) is -0.0622. The minimum absolute atomic E-state index is 0.122. The van der Waals surface area contributed by atoms with Gasteiger partial charge in [-0.3, -0.25) is 0 Å². The molecule has 0 aromatic heterocycles. The summed E-state index contributed by atoms with van der Waals surface area (Å²) in [5.74, 6) is 0. The van der Waals surface area contributed by atoms with Crippen molar-refractivity contribution in [3.63, 3.8) is 0 Å². The maximum absolute atomic E-state index is 6.34. The van der Waals surface area contributed by atoms with Crippen LogP contribution in [0.5, 0.6) is 0 Å². The standard InChI is InChI=1S/C15H32O3Si/c1-9-10-14(17-12-16-6)11-13(2)18-19(7,8)15(3,4)5/h9,13-14H,1,10-12H2,2-8H3/t13-,14-/m0/s1. The van der Waals surface area contributed by atoms with Crippen molar-refractivity contribution in [2.75, 3.05) is 13.9 Å². The maximum atomic E-state index is 6.34. The number of hydrogen-bond acceptors (Lipinski definition) is 3. The maximum Gasteiger partial charge on any atom is 0.192 e. The third-order valence-corrected chi connectivity index (χ3v) is 8.35. The van der Waals surface area contributed by atoms with Gasteiger partial charge in [0.05, 0.1) is 6.10 Å². The van der Waals surface area contributed by atoms with Crippen molar-refractivity contribution in [2.45, 2.75) is 70.9 Å². The first-order valence-corrected chi connectivity index (χ1v) is 9.94. The lowest BCUT2D eigenvalue weighted by atomic mass is 10.1. The van der Waals surface area contributed by atoms with Gasteiger partial charge in [0.1, 0.15) is 6.79 Å². The molecule has 0 aliphatic heterocycles. The Morgan fingerprint density at radius 3 is 2.26 bits per heavy atom. The second kappa shape index (κ2) is 8.20. The molecule has 0 aliphatic carbocycles. The molecule has 0 fully saturated rings. The van der Waals surface area contributed by atoms with E-state index in [1.165, 1.54) is 0 Å². The van der Waals surface area contributed by atoms with Gasteiger partial charge in [-0.05, 0) is 37.9 Å². The minimum atomic E-state index is -1.70. The van der Waals surface area contributed by atoms with Crippen molar-refractivity contribution in [3.05, 3.63) is 12.7 Å². The molecule has 4 heteroatoms. The molecule has 19 heavy (non-hydrogen) atoms. The second-order valence-corrected chi connectivity index (χ2v) is 11.4.